The summed E-state index contributed by atoms with van der Waals surface area (Å²) in [5.41, 5.74) is 1.07. The molecule has 0 aliphatic carbocycles. The molecule has 88 valence electrons. The van der Waals surface area contributed by atoms with Crippen LogP contribution in [0.5, 0.6) is 0 Å². The highest BCUT2D eigenvalue weighted by molar-refractivity contribution is 8.13. The van der Waals surface area contributed by atoms with Gasteiger partial charge in [-0.3, -0.25) is 0 Å². The van der Waals surface area contributed by atoms with Crippen molar-refractivity contribution in [2.75, 3.05) is 18.0 Å². The number of hydrogen-bond acceptors (Lipinski definition) is 3. The Bertz CT molecular complexity index is 449. The van der Waals surface area contributed by atoms with E-state index in [1.165, 1.54) is 19.3 Å². The highest BCUT2D eigenvalue weighted by Crippen LogP contribution is 2.22. The van der Waals surface area contributed by atoms with Crippen LogP contribution < -0.4 is 4.90 Å². The maximum absolute atomic E-state index is 11.1. The minimum absolute atomic E-state index is 0.162. The molecule has 1 saturated heterocycles. The van der Waals surface area contributed by atoms with Crippen molar-refractivity contribution in [1.82, 2.24) is 0 Å². The summed E-state index contributed by atoms with van der Waals surface area (Å²) in [6.07, 6.45) is 3.69. The van der Waals surface area contributed by atoms with Gasteiger partial charge in [-0.1, -0.05) is 0 Å². The molecule has 1 fully saturated rings. The van der Waals surface area contributed by atoms with Crippen molar-refractivity contribution in [3.63, 3.8) is 0 Å². The zero-order chi connectivity index (χ0) is 11.6. The Labute approximate surface area is 100 Å². The minimum Gasteiger partial charge on any atom is -0.372 e. The van der Waals surface area contributed by atoms with Crippen molar-refractivity contribution in [3.8, 4) is 0 Å². The Morgan fingerprint density at radius 2 is 1.56 bits per heavy atom. The van der Waals surface area contributed by atoms with Crippen LogP contribution in [-0.2, 0) is 9.05 Å². The number of nitrogens with zero attached hydrogens (tertiary/aromatic N) is 1. The molecule has 0 N–H and O–H groups in total. The van der Waals surface area contributed by atoms with Gasteiger partial charge in [0.05, 0.1) is 4.90 Å². The number of hydrogen-bond donors (Lipinski definition) is 0. The quantitative estimate of drug-likeness (QED) is 0.766. The fourth-order valence-electron chi connectivity index (χ4n) is 1.97. The van der Waals surface area contributed by atoms with Gasteiger partial charge in [-0.25, -0.2) is 8.42 Å². The molecular weight excluding hydrogens is 246 g/mol. The molecule has 1 aliphatic heterocycles. The van der Waals surface area contributed by atoms with Gasteiger partial charge in [-0.05, 0) is 43.5 Å². The van der Waals surface area contributed by atoms with Crippen molar-refractivity contribution in [2.24, 2.45) is 0 Å². The lowest BCUT2D eigenvalue weighted by molar-refractivity contribution is 0.577. The predicted octanol–water partition coefficient (Wildman–Crippen LogP) is 2.60. The molecule has 2 rings (SSSR count). The van der Waals surface area contributed by atoms with Crippen LogP contribution >= 0.6 is 10.7 Å². The molecule has 0 atom stereocenters. The molecule has 0 amide bonds. The first kappa shape index (κ1) is 11.7. The molecule has 1 aliphatic rings. The molecule has 5 heteroatoms. The smallest absolute Gasteiger partial charge is 0.261 e. The van der Waals surface area contributed by atoms with E-state index in [4.69, 9.17) is 10.7 Å². The second kappa shape index (κ2) is 4.63. The van der Waals surface area contributed by atoms with Gasteiger partial charge in [0, 0.05) is 29.5 Å². The summed E-state index contributed by atoms with van der Waals surface area (Å²) in [5, 5.41) is 0. The average Bonchev–Trinajstić information content (AvgIpc) is 2.29. The van der Waals surface area contributed by atoms with E-state index in [9.17, 15) is 8.42 Å². The van der Waals surface area contributed by atoms with Gasteiger partial charge < -0.3 is 4.90 Å². The Morgan fingerprint density at radius 1 is 1.00 bits per heavy atom. The third kappa shape index (κ3) is 2.68. The average molecular weight is 260 g/mol. The van der Waals surface area contributed by atoms with E-state index in [1.54, 1.807) is 12.1 Å². The lowest BCUT2D eigenvalue weighted by Crippen LogP contribution is -2.29. The summed E-state index contributed by atoms with van der Waals surface area (Å²) in [7, 11) is 1.66. The van der Waals surface area contributed by atoms with Crippen LogP contribution in [0.2, 0.25) is 0 Å². The second-order valence-corrected chi connectivity index (χ2v) is 6.55. The molecule has 1 aromatic rings. The molecule has 0 aromatic heterocycles. The third-order valence-corrected chi connectivity index (χ3v) is 4.21. The van der Waals surface area contributed by atoms with Gasteiger partial charge in [-0.15, -0.1) is 0 Å². The zero-order valence-electron chi connectivity index (χ0n) is 8.89. The van der Waals surface area contributed by atoms with Crippen LogP contribution in [0.15, 0.2) is 29.2 Å². The number of anilines is 1. The molecule has 3 nitrogen and oxygen atoms in total. The summed E-state index contributed by atoms with van der Waals surface area (Å²) in [6, 6.07) is 6.76. The largest absolute Gasteiger partial charge is 0.372 e. The van der Waals surface area contributed by atoms with E-state index < -0.39 is 9.05 Å². The van der Waals surface area contributed by atoms with E-state index in [2.05, 4.69) is 4.90 Å². The van der Waals surface area contributed by atoms with Crippen LogP contribution in [0, 0.1) is 0 Å². The number of piperidine rings is 1. The first-order chi connectivity index (χ1) is 7.57. The Balaban J connectivity index is 2.18. The molecule has 0 unspecified atom stereocenters. The molecule has 1 aromatic carbocycles. The summed E-state index contributed by atoms with van der Waals surface area (Å²) in [6.45, 7) is 2.10. The Kier molecular flexibility index (Phi) is 3.40. The molecular formula is C11H14ClNO2S. The Morgan fingerprint density at radius 3 is 2.06 bits per heavy atom. The van der Waals surface area contributed by atoms with E-state index in [0.29, 0.717) is 0 Å². The van der Waals surface area contributed by atoms with Gasteiger partial charge in [0.15, 0.2) is 0 Å². The first-order valence-electron chi connectivity index (χ1n) is 5.37. The van der Waals surface area contributed by atoms with E-state index in [0.717, 1.165) is 18.8 Å². The van der Waals surface area contributed by atoms with Crippen molar-refractivity contribution in [3.05, 3.63) is 24.3 Å². The summed E-state index contributed by atoms with van der Waals surface area (Å²) in [4.78, 5) is 2.43. The maximum Gasteiger partial charge on any atom is 0.261 e. The van der Waals surface area contributed by atoms with Crippen LogP contribution in [0.1, 0.15) is 19.3 Å². The standard InChI is InChI=1S/C11H14ClNO2S/c12-16(14,15)11-6-4-10(5-7-11)13-8-2-1-3-9-13/h4-7H,1-3,8-9H2. The summed E-state index contributed by atoms with van der Waals surface area (Å²) >= 11 is 0. The van der Waals surface area contributed by atoms with E-state index in [1.807, 2.05) is 12.1 Å². The van der Waals surface area contributed by atoms with Crippen LogP contribution in [-0.4, -0.2) is 21.5 Å². The van der Waals surface area contributed by atoms with Crippen LogP contribution in [0.25, 0.3) is 0 Å². The zero-order valence-corrected chi connectivity index (χ0v) is 10.5. The van der Waals surface area contributed by atoms with E-state index >= 15 is 0 Å². The minimum atomic E-state index is -3.60. The highest BCUT2D eigenvalue weighted by Gasteiger charge is 2.13. The lowest BCUT2D eigenvalue weighted by atomic mass is 10.1. The Hall–Kier alpha value is -0.740. The van der Waals surface area contributed by atoms with Gasteiger partial charge in [0.1, 0.15) is 0 Å². The van der Waals surface area contributed by atoms with Crippen molar-refractivity contribution >= 4 is 25.4 Å². The fourth-order valence-corrected chi connectivity index (χ4v) is 2.74. The monoisotopic (exact) mass is 259 g/mol. The van der Waals surface area contributed by atoms with Gasteiger partial charge in [-0.2, -0.15) is 0 Å². The van der Waals surface area contributed by atoms with Crippen LogP contribution in [0.3, 0.4) is 0 Å². The lowest BCUT2D eigenvalue weighted by Gasteiger charge is -2.28. The van der Waals surface area contributed by atoms with Crippen molar-refractivity contribution in [2.45, 2.75) is 24.2 Å². The molecule has 0 radical (unpaired) electrons. The summed E-state index contributed by atoms with van der Waals surface area (Å²) in [5.74, 6) is 0. The second-order valence-electron chi connectivity index (χ2n) is 3.98. The maximum atomic E-state index is 11.1. The molecule has 16 heavy (non-hydrogen) atoms. The van der Waals surface area contributed by atoms with Gasteiger partial charge >= 0.3 is 0 Å². The van der Waals surface area contributed by atoms with Crippen molar-refractivity contribution < 1.29 is 8.42 Å². The number of halogens is 1. The summed E-state index contributed by atoms with van der Waals surface area (Å²) < 4.78 is 22.1. The SMILES string of the molecule is O=S(=O)(Cl)c1ccc(N2CCCCC2)cc1. The molecule has 0 saturated carbocycles. The number of benzene rings is 1. The van der Waals surface area contributed by atoms with E-state index in [-0.39, 0.29) is 4.90 Å². The normalized spacial score (nSPS) is 17.4. The predicted molar refractivity (Wildman–Crippen MR) is 65.5 cm³/mol. The van der Waals surface area contributed by atoms with Gasteiger partial charge in [0.2, 0.25) is 0 Å². The number of rotatable bonds is 2. The van der Waals surface area contributed by atoms with Crippen LogP contribution in [0.4, 0.5) is 5.69 Å². The molecule has 0 spiro atoms. The topological polar surface area (TPSA) is 37.4 Å². The van der Waals surface area contributed by atoms with Gasteiger partial charge in [0.25, 0.3) is 9.05 Å². The fraction of sp³-hybridized carbons (Fsp3) is 0.455. The van der Waals surface area contributed by atoms with Crippen molar-refractivity contribution in [1.29, 1.82) is 0 Å². The highest BCUT2D eigenvalue weighted by atomic mass is 35.7. The molecule has 0 bridgehead atoms. The third-order valence-electron chi connectivity index (χ3n) is 2.84. The first-order valence-corrected chi connectivity index (χ1v) is 7.68. The molecule has 1 heterocycles.